The monoisotopic (exact) mass is 501 g/mol. The van der Waals surface area contributed by atoms with E-state index in [4.69, 9.17) is 4.98 Å². The zero-order valence-corrected chi connectivity index (χ0v) is 19.6. The second kappa shape index (κ2) is 9.54. The van der Waals surface area contributed by atoms with E-state index in [1.165, 1.54) is 5.56 Å². The lowest BCUT2D eigenvalue weighted by Crippen LogP contribution is -2.00. The van der Waals surface area contributed by atoms with E-state index >= 15 is 0 Å². The molecule has 0 saturated heterocycles. The van der Waals surface area contributed by atoms with Crippen LogP contribution >= 0.6 is 27.7 Å². The highest BCUT2D eigenvalue weighted by Crippen LogP contribution is 2.33. The maximum absolute atomic E-state index is 4.90. The Balaban J connectivity index is 1.35. The minimum absolute atomic E-state index is 0.677. The second-order valence-electron chi connectivity index (χ2n) is 7.29. The number of benzene rings is 3. The molecular formula is C25H20BrN5S. The molecule has 0 atom stereocenters. The van der Waals surface area contributed by atoms with Crippen LogP contribution in [0, 0.1) is 0 Å². The summed E-state index contributed by atoms with van der Waals surface area (Å²) in [5.74, 6) is 0.686. The summed E-state index contributed by atoms with van der Waals surface area (Å²) in [4.78, 5) is 8.42. The molecule has 0 saturated carbocycles. The molecule has 2 aromatic heterocycles. The van der Waals surface area contributed by atoms with Crippen molar-refractivity contribution in [1.82, 2.24) is 25.0 Å². The molecule has 1 N–H and O–H groups in total. The van der Waals surface area contributed by atoms with E-state index in [0.29, 0.717) is 12.3 Å². The number of hydrogen-bond acceptors (Lipinski definition) is 4. The predicted octanol–water partition coefficient (Wildman–Crippen LogP) is 6.44. The van der Waals surface area contributed by atoms with Gasteiger partial charge in [-0.25, -0.2) is 9.67 Å². The number of aromatic nitrogens is 5. The largest absolute Gasteiger partial charge is 0.332 e. The van der Waals surface area contributed by atoms with Crippen LogP contribution < -0.4 is 0 Å². The summed E-state index contributed by atoms with van der Waals surface area (Å²) >= 11 is 5.22. The van der Waals surface area contributed by atoms with Gasteiger partial charge in [-0.05, 0) is 11.6 Å². The number of thioether (sulfide) groups is 1. The minimum atomic E-state index is 0.677. The average molecular weight is 502 g/mol. The van der Waals surface area contributed by atoms with Gasteiger partial charge in [0.15, 0.2) is 5.16 Å². The van der Waals surface area contributed by atoms with Gasteiger partial charge in [0.05, 0.1) is 23.6 Å². The third-order valence-corrected chi connectivity index (χ3v) is 6.71. The van der Waals surface area contributed by atoms with Gasteiger partial charge in [0.1, 0.15) is 0 Å². The quantitative estimate of drug-likeness (QED) is 0.260. The standard InChI is InChI=1S/C25H20BrN5S/c26-22-14-8-7-13-20(22)15-31-16-21(29-30-31)17-32-25-27-23(18-9-3-1-4-10-18)24(28-25)19-11-5-2-6-12-19/h1-14,16H,15,17H2,(H,27,28). The third kappa shape index (κ3) is 4.69. The van der Waals surface area contributed by atoms with Crippen LogP contribution in [0.25, 0.3) is 22.5 Å². The molecule has 5 aromatic rings. The van der Waals surface area contributed by atoms with Crippen LogP contribution in [0.1, 0.15) is 11.3 Å². The zero-order chi connectivity index (χ0) is 21.8. The molecule has 0 spiro atoms. The summed E-state index contributed by atoms with van der Waals surface area (Å²) in [5, 5.41) is 9.49. The molecule has 0 aliphatic carbocycles. The van der Waals surface area contributed by atoms with E-state index in [1.807, 2.05) is 65.5 Å². The van der Waals surface area contributed by atoms with Crippen molar-refractivity contribution in [3.63, 3.8) is 0 Å². The molecule has 5 rings (SSSR count). The van der Waals surface area contributed by atoms with Crippen LogP contribution in [0.5, 0.6) is 0 Å². The van der Waals surface area contributed by atoms with Gasteiger partial charge in [-0.1, -0.05) is 112 Å². The van der Waals surface area contributed by atoms with E-state index in [-0.39, 0.29) is 0 Å². The topological polar surface area (TPSA) is 59.4 Å². The van der Waals surface area contributed by atoms with Crippen molar-refractivity contribution in [3.8, 4) is 22.5 Å². The minimum Gasteiger partial charge on any atom is -0.332 e. The maximum atomic E-state index is 4.90. The van der Waals surface area contributed by atoms with Gasteiger partial charge in [0, 0.05) is 27.5 Å². The van der Waals surface area contributed by atoms with Crippen LogP contribution in [-0.4, -0.2) is 25.0 Å². The second-order valence-corrected chi connectivity index (χ2v) is 9.10. The molecule has 3 aromatic carbocycles. The van der Waals surface area contributed by atoms with Gasteiger partial charge in [0.2, 0.25) is 0 Å². The first-order valence-electron chi connectivity index (χ1n) is 10.2. The van der Waals surface area contributed by atoms with Crippen molar-refractivity contribution in [2.24, 2.45) is 0 Å². The molecule has 5 nitrogen and oxygen atoms in total. The number of nitrogens with zero attached hydrogens (tertiary/aromatic N) is 4. The smallest absolute Gasteiger partial charge is 0.166 e. The summed E-state index contributed by atoms with van der Waals surface area (Å²) < 4.78 is 2.94. The average Bonchev–Trinajstić information content (AvgIpc) is 3.47. The molecule has 0 radical (unpaired) electrons. The number of rotatable bonds is 7. The summed E-state index contributed by atoms with van der Waals surface area (Å²) in [6, 6.07) is 28.7. The molecule has 158 valence electrons. The zero-order valence-electron chi connectivity index (χ0n) is 17.1. The third-order valence-electron chi connectivity index (χ3n) is 5.02. The number of aromatic amines is 1. The lowest BCUT2D eigenvalue weighted by atomic mass is 10.1. The first kappa shape index (κ1) is 20.7. The van der Waals surface area contributed by atoms with Crippen molar-refractivity contribution in [3.05, 3.63) is 107 Å². The number of nitrogens with one attached hydrogen (secondary N) is 1. The van der Waals surface area contributed by atoms with Gasteiger partial charge in [-0.2, -0.15) is 0 Å². The number of imidazole rings is 1. The van der Waals surface area contributed by atoms with Crippen LogP contribution in [0.15, 0.2) is 101 Å². The molecular weight excluding hydrogens is 482 g/mol. The fourth-order valence-corrected chi connectivity index (χ4v) is 4.62. The fourth-order valence-electron chi connectivity index (χ4n) is 3.46. The van der Waals surface area contributed by atoms with Crippen molar-refractivity contribution in [2.45, 2.75) is 17.5 Å². The van der Waals surface area contributed by atoms with Gasteiger partial charge in [0.25, 0.3) is 0 Å². The highest BCUT2D eigenvalue weighted by atomic mass is 79.9. The van der Waals surface area contributed by atoms with E-state index < -0.39 is 0 Å². The van der Waals surface area contributed by atoms with Crippen molar-refractivity contribution in [1.29, 1.82) is 0 Å². The molecule has 0 amide bonds. The Labute approximate surface area is 199 Å². The Morgan fingerprint density at radius 3 is 2.28 bits per heavy atom. The fraction of sp³-hybridized carbons (Fsp3) is 0.0800. The SMILES string of the molecule is Brc1ccccc1Cn1cc(CSc2nc(-c3ccccc3)c(-c3ccccc3)[nH]2)nn1. The van der Waals surface area contributed by atoms with E-state index in [1.54, 1.807) is 11.8 Å². The van der Waals surface area contributed by atoms with Crippen molar-refractivity contribution in [2.75, 3.05) is 0 Å². The lowest BCUT2D eigenvalue weighted by Gasteiger charge is -2.02. The molecule has 7 heteroatoms. The Morgan fingerprint density at radius 1 is 0.844 bits per heavy atom. The first-order valence-corrected chi connectivity index (χ1v) is 12.0. The molecule has 0 aliphatic heterocycles. The molecule has 0 aliphatic rings. The maximum Gasteiger partial charge on any atom is 0.166 e. The van der Waals surface area contributed by atoms with Crippen LogP contribution in [0.4, 0.5) is 0 Å². The molecule has 0 unspecified atom stereocenters. The van der Waals surface area contributed by atoms with E-state index in [0.717, 1.165) is 37.8 Å². The highest BCUT2D eigenvalue weighted by molar-refractivity contribution is 9.10. The Hall–Kier alpha value is -3.16. The normalized spacial score (nSPS) is 11.0. The van der Waals surface area contributed by atoms with Crippen LogP contribution in [0.3, 0.4) is 0 Å². The Kier molecular flexibility index (Phi) is 6.18. The predicted molar refractivity (Wildman–Crippen MR) is 132 cm³/mol. The van der Waals surface area contributed by atoms with Gasteiger partial charge in [-0.15, -0.1) is 5.10 Å². The highest BCUT2D eigenvalue weighted by Gasteiger charge is 2.15. The van der Waals surface area contributed by atoms with Crippen molar-refractivity contribution >= 4 is 27.7 Å². The van der Waals surface area contributed by atoms with Gasteiger partial charge in [-0.3, -0.25) is 0 Å². The molecule has 32 heavy (non-hydrogen) atoms. The van der Waals surface area contributed by atoms with Gasteiger partial charge >= 0.3 is 0 Å². The van der Waals surface area contributed by atoms with Gasteiger partial charge < -0.3 is 4.98 Å². The van der Waals surface area contributed by atoms with Crippen LogP contribution in [0.2, 0.25) is 0 Å². The first-order chi connectivity index (χ1) is 15.8. The number of hydrogen-bond donors (Lipinski definition) is 1. The van der Waals surface area contributed by atoms with E-state index in [9.17, 15) is 0 Å². The summed E-state index contributed by atoms with van der Waals surface area (Å²) in [5.41, 5.74) is 6.27. The summed E-state index contributed by atoms with van der Waals surface area (Å²) in [6.45, 7) is 0.677. The Morgan fingerprint density at radius 2 is 1.53 bits per heavy atom. The lowest BCUT2D eigenvalue weighted by molar-refractivity contribution is 0.648. The molecule has 0 fully saturated rings. The summed E-state index contributed by atoms with van der Waals surface area (Å²) in [6.07, 6.45) is 1.99. The Bertz CT molecular complexity index is 1260. The summed E-state index contributed by atoms with van der Waals surface area (Å²) in [7, 11) is 0. The molecule has 2 heterocycles. The van der Waals surface area contributed by atoms with Crippen LogP contribution in [-0.2, 0) is 12.3 Å². The van der Waals surface area contributed by atoms with Crippen molar-refractivity contribution < 1.29 is 0 Å². The number of H-pyrrole nitrogens is 1. The van der Waals surface area contributed by atoms with E-state index in [2.05, 4.69) is 61.6 Å². The number of halogens is 1. The molecule has 0 bridgehead atoms.